The summed E-state index contributed by atoms with van der Waals surface area (Å²) in [5, 5.41) is 5.62. The Hall–Kier alpha value is -2.19. The number of methoxy groups -OCH3 is 1. The van der Waals surface area contributed by atoms with E-state index in [1.807, 2.05) is 31.1 Å². The molecular formula is C22H35BrN2O5. The minimum atomic E-state index is -0.653. The van der Waals surface area contributed by atoms with Gasteiger partial charge >= 0.3 is 6.09 Å². The summed E-state index contributed by atoms with van der Waals surface area (Å²) in [4.78, 5) is 32.4. The van der Waals surface area contributed by atoms with E-state index in [4.69, 9.17) is 9.53 Å². The van der Waals surface area contributed by atoms with Crippen LogP contribution in [-0.2, 0) is 25.5 Å². The second-order valence-corrected chi connectivity index (χ2v) is 8.14. The molecule has 1 aliphatic rings. The van der Waals surface area contributed by atoms with Gasteiger partial charge in [0.15, 0.2) is 0 Å². The van der Waals surface area contributed by atoms with Gasteiger partial charge in [-0.15, -0.1) is 13.2 Å². The van der Waals surface area contributed by atoms with E-state index in [2.05, 4.69) is 44.5 Å². The van der Waals surface area contributed by atoms with E-state index in [0.29, 0.717) is 6.42 Å². The van der Waals surface area contributed by atoms with E-state index in [0.717, 1.165) is 22.9 Å². The molecule has 0 heterocycles. The van der Waals surface area contributed by atoms with Gasteiger partial charge in [-0.1, -0.05) is 28.1 Å². The van der Waals surface area contributed by atoms with Crippen LogP contribution in [0.15, 0.2) is 41.9 Å². The third-order valence-electron chi connectivity index (χ3n) is 3.26. The van der Waals surface area contributed by atoms with Crippen LogP contribution < -0.4 is 10.6 Å². The Labute approximate surface area is 188 Å². The van der Waals surface area contributed by atoms with Crippen molar-refractivity contribution in [3.8, 4) is 0 Å². The van der Waals surface area contributed by atoms with Gasteiger partial charge in [-0.05, 0) is 51.3 Å². The summed E-state index contributed by atoms with van der Waals surface area (Å²) >= 11 is 3.42. The van der Waals surface area contributed by atoms with Gasteiger partial charge in [-0.2, -0.15) is 0 Å². The number of hydrogen-bond donors (Lipinski definition) is 2. The molecule has 8 heteroatoms. The van der Waals surface area contributed by atoms with Crippen LogP contribution in [0.3, 0.4) is 0 Å². The van der Waals surface area contributed by atoms with Crippen molar-refractivity contribution in [2.45, 2.75) is 57.7 Å². The number of halogens is 1. The molecule has 1 saturated carbocycles. The molecule has 1 fully saturated rings. The first-order valence-electron chi connectivity index (χ1n) is 9.38. The molecular weight excluding hydrogens is 452 g/mol. The second kappa shape index (κ2) is 16.6. The van der Waals surface area contributed by atoms with Crippen molar-refractivity contribution in [3.63, 3.8) is 0 Å². The number of ether oxygens (including phenoxy) is 2. The van der Waals surface area contributed by atoms with Crippen LogP contribution in [0.25, 0.3) is 0 Å². The van der Waals surface area contributed by atoms with Crippen LogP contribution in [0, 0.1) is 0 Å². The van der Waals surface area contributed by atoms with Crippen LogP contribution in [0.5, 0.6) is 0 Å². The van der Waals surface area contributed by atoms with Crippen molar-refractivity contribution >= 4 is 34.7 Å². The normalized spacial score (nSPS) is 12.9. The first-order chi connectivity index (χ1) is 14.1. The minimum absolute atomic E-state index is 0.168. The summed E-state index contributed by atoms with van der Waals surface area (Å²) in [5.41, 5.74) is 0.364. The highest BCUT2D eigenvalue weighted by Crippen LogP contribution is 2.19. The second-order valence-electron chi connectivity index (χ2n) is 7.22. The lowest BCUT2D eigenvalue weighted by Gasteiger charge is -2.23. The molecule has 1 aromatic rings. The lowest BCUT2D eigenvalue weighted by molar-refractivity contribution is -0.123. The minimum Gasteiger partial charge on any atom is -0.444 e. The maximum absolute atomic E-state index is 12.4. The van der Waals surface area contributed by atoms with Crippen molar-refractivity contribution in [2.24, 2.45) is 0 Å². The highest BCUT2D eigenvalue weighted by atomic mass is 79.9. The molecule has 0 saturated heterocycles. The zero-order chi connectivity index (χ0) is 23.7. The van der Waals surface area contributed by atoms with E-state index in [1.54, 1.807) is 35.0 Å². The summed E-state index contributed by atoms with van der Waals surface area (Å²) in [6.45, 7) is 13.4. The summed E-state index contributed by atoms with van der Waals surface area (Å²) in [6.07, 6.45) is 1.84. The van der Waals surface area contributed by atoms with Gasteiger partial charge in [0.1, 0.15) is 18.4 Å². The predicted molar refractivity (Wildman–Crippen MR) is 123 cm³/mol. The highest BCUT2D eigenvalue weighted by molar-refractivity contribution is 9.10. The molecule has 2 amide bonds. The monoisotopic (exact) mass is 486 g/mol. The fourth-order valence-corrected chi connectivity index (χ4v) is 2.53. The third kappa shape index (κ3) is 15.7. The molecule has 1 atom stereocenters. The molecule has 30 heavy (non-hydrogen) atoms. The molecule has 0 aromatic heterocycles. The Kier molecular flexibility index (Phi) is 16.6. The van der Waals surface area contributed by atoms with Crippen molar-refractivity contribution in [1.29, 1.82) is 0 Å². The third-order valence-corrected chi connectivity index (χ3v) is 3.75. The summed E-state index contributed by atoms with van der Waals surface area (Å²) in [7, 11) is 3.25. The molecule has 2 rings (SSSR count). The van der Waals surface area contributed by atoms with Crippen LogP contribution in [0.2, 0.25) is 0 Å². The standard InChI is InChI=1S/C17H23BrN2O3.C2H6O.C2H4.CH2O/c1-17(2,3)23-16(22)20-14(15(21)19-13-7-8-13)10-11-5-4-6-12(18)9-11;1-3-2;2*1-2/h4-6,9,13-14H,7-8,10H2,1-3H3,(H,19,21)(H,20,22);1-2H3;1-2H2;1H2. The summed E-state index contributed by atoms with van der Waals surface area (Å²) < 4.78 is 10.4. The van der Waals surface area contributed by atoms with Gasteiger partial charge in [0.2, 0.25) is 5.91 Å². The Morgan fingerprint density at radius 2 is 1.73 bits per heavy atom. The van der Waals surface area contributed by atoms with E-state index < -0.39 is 17.7 Å². The van der Waals surface area contributed by atoms with Crippen molar-refractivity contribution in [3.05, 3.63) is 47.5 Å². The fourth-order valence-electron chi connectivity index (χ4n) is 2.09. The van der Waals surface area contributed by atoms with Gasteiger partial charge < -0.3 is 24.9 Å². The number of alkyl carbamates (subject to hydrolysis) is 1. The average Bonchev–Trinajstić information content (AvgIpc) is 3.48. The molecule has 1 unspecified atom stereocenters. The quantitative estimate of drug-likeness (QED) is 0.612. The number of rotatable bonds is 5. The zero-order valence-corrected chi connectivity index (χ0v) is 20.2. The maximum Gasteiger partial charge on any atom is 0.408 e. The fraction of sp³-hybridized carbons (Fsp3) is 0.500. The first-order valence-corrected chi connectivity index (χ1v) is 10.2. The number of hydrogen-bond acceptors (Lipinski definition) is 5. The van der Waals surface area contributed by atoms with Crippen LogP contribution >= 0.6 is 15.9 Å². The Morgan fingerprint density at radius 3 is 2.17 bits per heavy atom. The van der Waals surface area contributed by atoms with Crippen LogP contribution in [0.1, 0.15) is 39.2 Å². The molecule has 0 aliphatic heterocycles. The molecule has 1 aromatic carbocycles. The highest BCUT2D eigenvalue weighted by Gasteiger charge is 2.29. The average molecular weight is 487 g/mol. The first kappa shape index (κ1) is 30.0. The van der Waals surface area contributed by atoms with Crippen LogP contribution in [0.4, 0.5) is 4.79 Å². The number of benzene rings is 1. The van der Waals surface area contributed by atoms with E-state index >= 15 is 0 Å². The number of amides is 2. The van der Waals surface area contributed by atoms with Crippen molar-refractivity contribution in [1.82, 2.24) is 10.6 Å². The smallest absolute Gasteiger partial charge is 0.408 e. The Bertz CT molecular complexity index is 628. The lowest BCUT2D eigenvalue weighted by atomic mass is 10.1. The largest absolute Gasteiger partial charge is 0.444 e. The lowest BCUT2D eigenvalue weighted by Crippen LogP contribution is -2.49. The Morgan fingerprint density at radius 1 is 1.20 bits per heavy atom. The maximum atomic E-state index is 12.4. The molecule has 170 valence electrons. The number of nitrogens with one attached hydrogen (secondary N) is 2. The van der Waals surface area contributed by atoms with Gasteiger partial charge in [0, 0.05) is 31.2 Å². The number of carbonyl (C=O) groups excluding carboxylic acids is 3. The van der Waals surface area contributed by atoms with Crippen LogP contribution in [-0.4, -0.2) is 50.7 Å². The van der Waals surface area contributed by atoms with Gasteiger partial charge in [-0.3, -0.25) is 4.79 Å². The van der Waals surface area contributed by atoms with E-state index in [1.165, 1.54) is 0 Å². The van der Waals surface area contributed by atoms with E-state index in [-0.39, 0.29) is 11.9 Å². The number of carbonyl (C=O) groups is 3. The SMILES string of the molecule is C=C.C=O.CC(C)(C)OC(=O)NC(Cc1cccc(Br)c1)C(=O)NC1CC1.COC. The molecule has 2 N–H and O–H groups in total. The molecule has 1 aliphatic carbocycles. The van der Waals surface area contributed by atoms with Crippen molar-refractivity contribution in [2.75, 3.05) is 14.2 Å². The topological polar surface area (TPSA) is 93.7 Å². The molecule has 0 bridgehead atoms. The van der Waals surface area contributed by atoms with Gasteiger partial charge in [-0.25, -0.2) is 4.79 Å². The molecule has 7 nitrogen and oxygen atoms in total. The van der Waals surface area contributed by atoms with Gasteiger partial charge in [0.25, 0.3) is 0 Å². The molecule has 0 spiro atoms. The predicted octanol–water partition coefficient (Wildman–Crippen LogP) is 4.04. The Balaban J connectivity index is 0. The molecule has 0 radical (unpaired) electrons. The van der Waals surface area contributed by atoms with E-state index in [9.17, 15) is 9.59 Å². The van der Waals surface area contributed by atoms with Crippen molar-refractivity contribution < 1.29 is 23.9 Å². The van der Waals surface area contributed by atoms with Gasteiger partial charge in [0.05, 0.1) is 0 Å². The summed E-state index contributed by atoms with van der Waals surface area (Å²) in [5.74, 6) is -0.168. The zero-order valence-electron chi connectivity index (χ0n) is 18.6. The summed E-state index contributed by atoms with van der Waals surface area (Å²) in [6, 6.07) is 7.28.